The van der Waals surface area contributed by atoms with Crippen molar-refractivity contribution in [2.45, 2.75) is 0 Å². The van der Waals surface area contributed by atoms with Gasteiger partial charge in [0.15, 0.2) is 6.61 Å². The molecule has 0 radical (unpaired) electrons. The molecule has 2 aromatic carbocycles. The molecule has 0 aromatic heterocycles. The summed E-state index contributed by atoms with van der Waals surface area (Å²) in [7, 11) is 0. The van der Waals surface area contributed by atoms with Crippen molar-refractivity contribution in [2.24, 2.45) is 0 Å². The van der Waals surface area contributed by atoms with E-state index in [0.29, 0.717) is 21.5 Å². The summed E-state index contributed by atoms with van der Waals surface area (Å²) < 4.78 is 18.3. The van der Waals surface area contributed by atoms with E-state index in [1.165, 1.54) is 24.3 Å². The quantitative estimate of drug-likeness (QED) is 0.840. The molecule has 0 heterocycles. The summed E-state index contributed by atoms with van der Waals surface area (Å²) in [6.07, 6.45) is 0. The molecular weight excluding hydrogens is 318 g/mol. The lowest BCUT2D eigenvalue weighted by molar-refractivity contribution is -0.118. The predicted octanol–water partition coefficient (Wildman–Crippen LogP) is 3.73. The molecule has 0 aliphatic rings. The number of rotatable bonds is 4. The maximum atomic E-state index is 13.0. The van der Waals surface area contributed by atoms with Crippen LogP contribution in [0.3, 0.4) is 0 Å². The first-order chi connectivity index (χ1) is 9.95. The fraction of sp³-hybridized carbons (Fsp3) is 0.0714. The number of halogens is 3. The number of carbonyl (C=O) groups is 1. The van der Waals surface area contributed by atoms with Crippen LogP contribution >= 0.6 is 23.2 Å². The third-order valence-corrected chi connectivity index (χ3v) is 3.06. The second-order valence-corrected chi connectivity index (χ2v) is 4.99. The Labute approximate surface area is 130 Å². The molecule has 0 saturated carbocycles. The van der Waals surface area contributed by atoms with Crippen molar-refractivity contribution < 1.29 is 13.9 Å². The molecule has 0 unspecified atom stereocenters. The summed E-state index contributed by atoms with van der Waals surface area (Å²) in [5, 5.41) is 3.31. The Bertz CT molecular complexity index is 680. The standard InChI is InChI=1S/C14H11Cl2FN2O2/c15-8-1-4-13(10(16)5-8)21-7-14(20)19-9-2-3-11(17)12(18)6-9/h1-6H,7,18H2,(H,19,20). The van der Waals surface area contributed by atoms with Crippen LogP contribution < -0.4 is 15.8 Å². The highest BCUT2D eigenvalue weighted by atomic mass is 35.5. The topological polar surface area (TPSA) is 64.3 Å². The van der Waals surface area contributed by atoms with Gasteiger partial charge in [-0.25, -0.2) is 4.39 Å². The van der Waals surface area contributed by atoms with Gasteiger partial charge in [0.2, 0.25) is 0 Å². The van der Waals surface area contributed by atoms with Crippen molar-refractivity contribution in [3.63, 3.8) is 0 Å². The molecule has 0 bridgehead atoms. The number of carbonyl (C=O) groups excluding carboxylic acids is 1. The van der Waals surface area contributed by atoms with Crippen LogP contribution in [0.4, 0.5) is 15.8 Å². The minimum absolute atomic E-state index is 0.0468. The maximum Gasteiger partial charge on any atom is 0.262 e. The normalized spacial score (nSPS) is 10.2. The largest absolute Gasteiger partial charge is 0.482 e. The van der Waals surface area contributed by atoms with Gasteiger partial charge in [0.25, 0.3) is 5.91 Å². The highest BCUT2D eigenvalue weighted by Gasteiger charge is 2.08. The molecule has 2 aromatic rings. The van der Waals surface area contributed by atoms with Gasteiger partial charge in [0, 0.05) is 10.7 Å². The summed E-state index contributed by atoms with van der Waals surface area (Å²) in [5.74, 6) is -0.626. The maximum absolute atomic E-state index is 13.0. The highest BCUT2D eigenvalue weighted by Crippen LogP contribution is 2.27. The summed E-state index contributed by atoms with van der Waals surface area (Å²) in [6.45, 7) is -0.251. The molecule has 0 spiro atoms. The second-order valence-electron chi connectivity index (χ2n) is 4.15. The highest BCUT2D eigenvalue weighted by molar-refractivity contribution is 6.35. The van der Waals surface area contributed by atoms with Crippen LogP contribution in [0.25, 0.3) is 0 Å². The summed E-state index contributed by atoms with van der Waals surface area (Å²) >= 11 is 11.7. The molecule has 2 rings (SSSR count). The average Bonchev–Trinajstić information content (AvgIpc) is 2.42. The minimum Gasteiger partial charge on any atom is -0.482 e. The second kappa shape index (κ2) is 6.65. The molecule has 7 heteroatoms. The van der Waals surface area contributed by atoms with E-state index in [1.807, 2.05) is 0 Å². The number of amides is 1. The Morgan fingerprint density at radius 1 is 1.24 bits per heavy atom. The molecule has 0 aliphatic heterocycles. The number of benzene rings is 2. The molecule has 0 atom stereocenters. The van der Waals surface area contributed by atoms with Gasteiger partial charge in [0.05, 0.1) is 10.7 Å². The Morgan fingerprint density at radius 3 is 2.67 bits per heavy atom. The fourth-order valence-corrected chi connectivity index (χ4v) is 2.02. The zero-order valence-electron chi connectivity index (χ0n) is 10.7. The number of nitrogens with two attached hydrogens (primary N) is 1. The van der Waals surface area contributed by atoms with Crippen LogP contribution in [0.2, 0.25) is 10.0 Å². The molecular formula is C14H11Cl2FN2O2. The Morgan fingerprint density at radius 2 is 2.00 bits per heavy atom. The Kier molecular flexibility index (Phi) is 4.88. The first-order valence-electron chi connectivity index (χ1n) is 5.88. The predicted molar refractivity (Wildman–Crippen MR) is 81.4 cm³/mol. The van der Waals surface area contributed by atoms with E-state index in [4.69, 9.17) is 33.7 Å². The molecule has 3 N–H and O–H groups in total. The molecule has 21 heavy (non-hydrogen) atoms. The molecule has 4 nitrogen and oxygen atoms in total. The lowest BCUT2D eigenvalue weighted by Gasteiger charge is -2.09. The van der Waals surface area contributed by atoms with Gasteiger partial charge >= 0.3 is 0 Å². The van der Waals surface area contributed by atoms with Gasteiger partial charge in [-0.05, 0) is 36.4 Å². The Balaban J connectivity index is 1.94. The summed E-state index contributed by atoms with van der Waals surface area (Å²) in [6, 6.07) is 8.56. The third-order valence-electron chi connectivity index (χ3n) is 2.53. The smallest absolute Gasteiger partial charge is 0.262 e. The van der Waals surface area contributed by atoms with Crippen molar-refractivity contribution in [2.75, 3.05) is 17.7 Å². The van der Waals surface area contributed by atoms with E-state index >= 15 is 0 Å². The fourth-order valence-electron chi connectivity index (χ4n) is 1.55. The summed E-state index contributed by atoms with van der Waals surface area (Å²) in [5.41, 5.74) is 5.74. The van der Waals surface area contributed by atoms with Gasteiger partial charge in [-0.1, -0.05) is 23.2 Å². The van der Waals surface area contributed by atoms with E-state index in [2.05, 4.69) is 5.32 Å². The molecule has 1 amide bonds. The van der Waals surface area contributed by atoms with Gasteiger partial charge in [-0.3, -0.25) is 4.79 Å². The molecule has 0 saturated heterocycles. The molecule has 0 fully saturated rings. The van der Waals surface area contributed by atoms with Gasteiger partial charge < -0.3 is 15.8 Å². The van der Waals surface area contributed by atoms with Crippen LogP contribution in [0.1, 0.15) is 0 Å². The summed E-state index contributed by atoms with van der Waals surface area (Å²) in [4.78, 5) is 11.7. The average molecular weight is 329 g/mol. The Hall–Kier alpha value is -1.98. The zero-order chi connectivity index (χ0) is 15.4. The van der Waals surface area contributed by atoms with Crippen molar-refractivity contribution in [3.05, 3.63) is 52.3 Å². The van der Waals surface area contributed by atoms with Crippen LogP contribution in [-0.4, -0.2) is 12.5 Å². The van der Waals surface area contributed by atoms with E-state index in [9.17, 15) is 9.18 Å². The van der Waals surface area contributed by atoms with Crippen LogP contribution in [0, 0.1) is 5.82 Å². The number of hydrogen-bond acceptors (Lipinski definition) is 3. The zero-order valence-corrected chi connectivity index (χ0v) is 12.2. The van der Waals surface area contributed by atoms with Crippen molar-refractivity contribution in [1.29, 1.82) is 0 Å². The van der Waals surface area contributed by atoms with Crippen molar-refractivity contribution in [1.82, 2.24) is 0 Å². The van der Waals surface area contributed by atoms with Crippen LogP contribution in [0.5, 0.6) is 5.75 Å². The van der Waals surface area contributed by atoms with Gasteiger partial charge in [0.1, 0.15) is 11.6 Å². The van der Waals surface area contributed by atoms with Crippen molar-refractivity contribution in [3.8, 4) is 5.75 Å². The number of ether oxygens (including phenoxy) is 1. The SMILES string of the molecule is Nc1cc(NC(=O)COc2ccc(Cl)cc2Cl)ccc1F. The number of nitrogen functional groups attached to an aromatic ring is 1. The van der Waals surface area contributed by atoms with Crippen LogP contribution in [0.15, 0.2) is 36.4 Å². The number of hydrogen-bond donors (Lipinski definition) is 2. The van der Waals surface area contributed by atoms with Crippen LogP contribution in [-0.2, 0) is 4.79 Å². The van der Waals surface area contributed by atoms with E-state index in [1.54, 1.807) is 12.1 Å². The van der Waals surface area contributed by atoms with E-state index < -0.39 is 11.7 Å². The van der Waals surface area contributed by atoms with Crippen molar-refractivity contribution >= 4 is 40.5 Å². The lowest BCUT2D eigenvalue weighted by atomic mass is 10.2. The third kappa shape index (κ3) is 4.24. The number of nitrogens with one attached hydrogen (secondary N) is 1. The van der Waals surface area contributed by atoms with E-state index in [0.717, 1.165) is 0 Å². The van der Waals surface area contributed by atoms with Gasteiger partial charge in [-0.15, -0.1) is 0 Å². The minimum atomic E-state index is -0.544. The first-order valence-corrected chi connectivity index (χ1v) is 6.64. The number of anilines is 2. The lowest BCUT2D eigenvalue weighted by Crippen LogP contribution is -2.20. The van der Waals surface area contributed by atoms with E-state index in [-0.39, 0.29) is 12.3 Å². The molecule has 110 valence electrons. The molecule has 0 aliphatic carbocycles. The first kappa shape index (κ1) is 15.4. The van der Waals surface area contributed by atoms with Gasteiger partial charge in [-0.2, -0.15) is 0 Å². The monoisotopic (exact) mass is 328 g/mol.